The summed E-state index contributed by atoms with van der Waals surface area (Å²) in [4.78, 5) is 12.6. The predicted octanol–water partition coefficient (Wildman–Crippen LogP) is 3.76. The minimum absolute atomic E-state index is 0.0277. The minimum atomic E-state index is -0.156. The zero-order chi connectivity index (χ0) is 20.0. The van der Waals surface area contributed by atoms with Gasteiger partial charge < -0.3 is 19.5 Å². The van der Waals surface area contributed by atoms with E-state index in [9.17, 15) is 4.79 Å². The smallest absolute Gasteiger partial charge is 0.224 e. The number of benzene rings is 2. The molecule has 1 fully saturated rings. The molecule has 28 heavy (non-hydrogen) atoms. The first-order valence-electron chi connectivity index (χ1n) is 9.38. The monoisotopic (exact) mass is 403 g/mol. The maximum atomic E-state index is 12.6. The molecule has 0 bridgehead atoms. The first-order chi connectivity index (χ1) is 13.6. The topological polar surface area (TPSA) is 56.8 Å². The molecular weight excluding hydrogens is 378 g/mol. The number of carbonyl (C=O) groups excluding carboxylic acids is 1. The zero-order valence-corrected chi connectivity index (χ0v) is 17.1. The van der Waals surface area contributed by atoms with E-state index in [0.717, 1.165) is 24.0 Å². The lowest BCUT2D eigenvalue weighted by molar-refractivity contribution is -0.120. The summed E-state index contributed by atoms with van der Waals surface area (Å²) in [5.74, 6) is 1.24. The van der Waals surface area contributed by atoms with Gasteiger partial charge in [-0.25, -0.2) is 0 Å². The highest BCUT2D eigenvalue weighted by atomic mass is 35.5. The molecule has 1 aliphatic rings. The minimum Gasteiger partial charge on any atom is -0.493 e. The van der Waals surface area contributed by atoms with Crippen LogP contribution < -0.4 is 14.8 Å². The Morgan fingerprint density at radius 1 is 1.11 bits per heavy atom. The van der Waals surface area contributed by atoms with Crippen molar-refractivity contribution in [1.29, 1.82) is 0 Å². The summed E-state index contributed by atoms with van der Waals surface area (Å²) in [5.41, 5.74) is 1.87. The number of carbonyl (C=O) groups is 1. The van der Waals surface area contributed by atoms with Gasteiger partial charge in [0.15, 0.2) is 11.5 Å². The second-order valence-corrected chi connectivity index (χ2v) is 7.48. The Kier molecular flexibility index (Phi) is 6.81. The Labute approximate surface area is 170 Å². The van der Waals surface area contributed by atoms with Crippen LogP contribution in [0, 0.1) is 0 Å². The highest BCUT2D eigenvalue weighted by molar-refractivity contribution is 6.30. The van der Waals surface area contributed by atoms with Gasteiger partial charge in [-0.05, 0) is 48.2 Å². The van der Waals surface area contributed by atoms with Crippen LogP contribution in [0.15, 0.2) is 42.5 Å². The average molecular weight is 404 g/mol. The molecule has 0 spiro atoms. The molecule has 1 heterocycles. The lowest BCUT2D eigenvalue weighted by Gasteiger charge is -2.38. The second-order valence-electron chi connectivity index (χ2n) is 7.05. The van der Waals surface area contributed by atoms with E-state index in [0.29, 0.717) is 36.3 Å². The lowest BCUT2D eigenvalue weighted by Crippen LogP contribution is -2.45. The molecule has 0 aliphatic carbocycles. The third kappa shape index (κ3) is 4.78. The van der Waals surface area contributed by atoms with Crippen molar-refractivity contribution in [1.82, 2.24) is 5.32 Å². The molecule has 0 unspecified atom stereocenters. The van der Waals surface area contributed by atoms with E-state index >= 15 is 0 Å². The van der Waals surface area contributed by atoms with Crippen molar-refractivity contribution in [2.45, 2.75) is 24.7 Å². The van der Waals surface area contributed by atoms with Gasteiger partial charge in [0.25, 0.3) is 0 Å². The fraction of sp³-hybridized carbons (Fsp3) is 0.409. The number of hydrogen-bond acceptors (Lipinski definition) is 4. The Hall–Kier alpha value is -2.24. The van der Waals surface area contributed by atoms with Crippen LogP contribution >= 0.6 is 11.6 Å². The van der Waals surface area contributed by atoms with Gasteiger partial charge in [0.05, 0.1) is 20.6 Å². The zero-order valence-electron chi connectivity index (χ0n) is 16.3. The Morgan fingerprint density at radius 2 is 1.86 bits per heavy atom. The maximum Gasteiger partial charge on any atom is 0.224 e. The van der Waals surface area contributed by atoms with Crippen LogP contribution in [-0.4, -0.2) is 39.9 Å². The van der Waals surface area contributed by atoms with Gasteiger partial charge in [-0.1, -0.05) is 29.8 Å². The molecule has 1 aliphatic heterocycles. The highest BCUT2D eigenvalue weighted by Gasteiger charge is 2.35. The third-order valence-electron chi connectivity index (χ3n) is 5.32. The summed E-state index contributed by atoms with van der Waals surface area (Å²) in [6.45, 7) is 1.92. The molecule has 1 N–H and O–H groups in total. The lowest BCUT2D eigenvalue weighted by atomic mass is 9.74. The van der Waals surface area contributed by atoms with Crippen LogP contribution in [0.4, 0.5) is 0 Å². The summed E-state index contributed by atoms with van der Waals surface area (Å²) >= 11 is 6.21. The maximum absolute atomic E-state index is 12.6. The van der Waals surface area contributed by atoms with Crippen LogP contribution in [0.2, 0.25) is 5.02 Å². The van der Waals surface area contributed by atoms with Crippen molar-refractivity contribution in [3.63, 3.8) is 0 Å². The fourth-order valence-corrected chi connectivity index (χ4v) is 3.84. The van der Waals surface area contributed by atoms with Crippen LogP contribution in [0.5, 0.6) is 11.5 Å². The standard InChI is InChI=1S/C22H26ClNO4/c1-26-19-7-6-16(12-20(19)27-2)13-21(25)24-15-22(8-10-28-11-9-22)17-4-3-5-18(23)14-17/h3-7,12,14H,8-11,13,15H2,1-2H3,(H,24,25). The van der Waals surface area contributed by atoms with Gasteiger partial charge >= 0.3 is 0 Å². The van der Waals surface area contributed by atoms with E-state index in [4.69, 9.17) is 25.8 Å². The van der Waals surface area contributed by atoms with Crippen molar-refractivity contribution in [3.8, 4) is 11.5 Å². The van der Waals surface area contributed by atoms with Crippen molar-refractivity contribution in [2.24, 2.45) is 0 Å². The second kappa shape index (κ2) is 9.30. The molecule has 0 atom stereocenters. The summed E-state index contributed by atoms with van der Waals surface area (Å²) in [7, 11) is 3.18. The molecule has 2 aromatic rings. The largest absolute Gasteiger partial charge is 0.493 e. The molecule has 0 aromatic heterocycles. The van der Waals surface area contributed by atoms with Crippen molar-refractivity contribution >= 4 is 17.5 Å². The van der Waals surface area contributed by atoms with E-state index in [-0.39, 0.29) is 17.7 Å². The molecule has 2 aromatic carbocycles. The van der Waals surface area contributed by atoms with Gasteiger partial charge in [0, 0.05) is 30.2 Å². The highest BCUT2D eigenvalue weighted by Crippen LogP contribution is 2.35. The van der Waals surface area contributed by atoms with E-state index in [1.165, 1.54) is 0 Å². The number of hydrogen-bond donors (Lipinski definition) is 1. The number of nitrogens with one attached hydrogen (secondary N) is 1. The summed E-state index contributed by atoms with van der Waals surface area (Å²) in [6, 6.07) is 13.4. The molecule has 1 amide bonds. The van der Waals surface area contributed by atoms with Crippen LogP contribution in [-0.2, 0) is 21.4 Å². The van der Waals surface area contributed by atoms with E-state index < -0.39 is 0 Å². The first-order valence-corrected chi connectivity index (χ1v) is 9.75. The first kappa shape index (κ1) is 20.5. The number of halogens is 1. The number of amides is 1. The Balaban J connectivity index is 1.69. The molecule has 3 rings (SSSR count). The van der Waals surface area contributed by atoms with Crippen molar-refractivity contribution in [3.05, 3.63) is 58.6 Å². The number of ether oxygens (including phenoxy) is 3. The van der Waals surface area contributed by atoms with E-state index in [1.54, 1.807) is 14.2 Å². The molecular formula is C22H26ClNO4. The molecule has 1 saturated heterocycles. The molecule has 150 valence electrons. The van der Waals surface area contributed by atoms with E-state index in [1.807, 2.05) is 36.4 Å². The molecule has 0 saturated carbocycles. The number of methoxy groups -OCH3 is 2. The molecule has 6 heteroatoms. The van der Waals surface area contributed by atoms with Gasteiger partial charge in [-0.15, -0.1) is 0 Å². The SMILES string of the molecule is COc1ccc(CC(=O)NCC2(c3cccc(Cl)c3)CCOCC2)cc1OC. The van der Waals surface area contributed by atoms with Gasteiger partial charge in [-0.2, -0.15) is 0 Å². The van der Waals surface area contributed by atoms with Gasteiger partial charge in [0.2, 0.25) is 5.91 Å². The van der Waals surface area contributed by atoms with Crippen molar-refractivity contribution in [2.75, 3.05) is 34.0 Å². The quantitative estimate of drug-likeness (QED) is 0.764. The Bertz CT molecular complexity index is 818. The summed E-state index contributed by atoms with van der Waals surface area (Å²) < 4.78 is 16.1. The van der Waals surface area contributed by atoms with Crippen molar-refractivity contribution < 1.29 is 19.0 Å². The normalized spacial score (nSPS) is 15.7. The summed E-state index contributed by atoms with van der Waals surface area (Å²) in [5, 5.41) is 3.82. The molecule has 0 radical (unpaired) electrons. The fourth-order valence-electron chi connectivity index (χ4n) is 3.65. The van der Waals surface area contributed by atoms with E-state index in [2.05, 4.69) is 11.4 Å². The van der Waals surface area contributed by atoms with Crippen LogP contribution in [0.25, 0.3) is 0 Å². The Morgan fingerprint density at radius 3 is 2.54 bits per heavy atom. The van der Waals surface area contributed by atoms with Crippen LogP contribution in [0.1, 0.15) is 24.0 Å². The summed E-state index contributed by atoms with van der Waals surface area (Å²) in [6.07, 6.45) is 1.98. The predicted molar refractivity (Wildman–Crippen MR) is 109 cm³/mol. The molecule has 5 nitrogen and oxygen atoms in total. The average Bonchev–Trinajstić information content (AvgIpc) is 2.73. The third-order valence-corrected chi connectivity index (χ3v) is 5.56. The van der Waals surface area contributed by atoms with Crippen LogP contribution in [0.3, 0.4) is 0 Å². The van der Waals surface area contributed by atoms with Gasteiger partial charge in [-0.3, -0.25) is 4.79 Å². The number of rotatable bonds is 7. The van der Waals surface area contributed by atoms with Gasteiger partial charge in [0.1, 0.15) is 0 Å².